The fraction of sp³-hybridized carbons (Fsp3) is 0.278. The lowest BCUT2D eigenvalue weighted by Gasteiger charge is -2.27. The Bertz CT molecular complexity index is 769. The number of methoxy groups -OCH3 is 1. The molecule has 0 radical (unpaired) electrons. The number of hydrogen-bond donors (Lipinski definition) is 1. The van der Waals surface area contributed by atoms with Gasteiger partial charge in [-0.2, -0.15) is 0 Å². The number of hydrogen-bond acceptors (Lipinski definition) is 2. The van der Waals surface area contributed by atoms with Crippen molar-refractivity contribution in [3.63, 3.8) is 0 Å². The van der Waals surface area contributed by atoms with Crippen LogP contribution in [0.25, 0.3) is 0 Å². The first-order valence-electron chi connectivity index (χ1n) is 7.67. The van der Waals surface area contributed by atoms with Crippen molar-refractivity contribution >= 4 is 34.9 Å². The molecule has 0 bridgehead atoms. The number of rotatable bonds is 5. The molecule has 0 aromatic heterocycles. The van der Waals surface area contributed by atoms with Crippen molar-refractivity contribution in [1.29, 1.82) is 0 Å². The molecule has 0 aliphatic carbocycles. The summed E-state index contributed by atoms with van der Waals surface area (Å²) in [5.41, 5.74) is 1.20. The molecule has 0 unspecified atom stereocenters. The normalized spacial score (nSPS) is 10.7. The smallest absolute Gasteiger partial charge is 0.322 e. The number of nitrogens with one attached hydrogen (secondary N) is 1. The van der Waals surface area contributed by atoms with Crippen LogP contribution in [0.4, 0.5) is 14.9 Å². The molecule has 2 aromatic rings. The molecule has 0 heterocycles. The summed E-state index contributed by atoms with van der Waals surface area (Å²) < 4.78 is 18.6. The average molecular weight is 385 g/mol. The van der Waals surface area contributed by atoms with E-state index < -0.39 is 5.82 Å². The number of nitrogens with zero attached hydrogens (tertiary/aromatic N) is 1. The maximum Gasteiger partial charge on any atom is 0.322 e. The predicted octanol–water partition coefficient (Wildman–Crippen LogP) is 5.58. The zero-order valence-electron chi connectivity index (χ0n) is 14.1. The largest absolute Gasteiger partial charge is 0.494 e. The molecule has 0 spiro atoms. The molecule has 0 saturated heterocycles. The third kappa shape index (κ3) is 5.00. The van der Waals surface area contributed by atoms with Crippen molar-refractivity contribution in [1.82, 2.24) is 4.90 Å². The van der Waals surface area contributed by atoms with Crippen LogP contribution in [0.15, 0.2) is 36.4 Å². The van der Waals surface area contributed by atoms with E-state index in [1.54, 1.807) is 23.1 Å². The maximum absolute atomic E-state index is 13.8. The molecule has 2 aromatic carbocycles. The van der Waals surface area contributed by atoms with E-state index >= 15 is 0 Å². The molecule has 0 aliphatic rings. The molecular formula is C18H19Cl2FN2O2. The Morgan fingerprint density at radius 3 is 2.48 bits per heavy atom. The van der Waals surface area contributed by atoms with E-state index in [1.165, 1.54) is 19.2 Å². The Morgan fingerprint density at radius 2 is 1.92 bits per heavy atom. The van der Waals surface area contributed by atoms with Crippen molar-refractivity contribution in [2.45, 2.75) is 26.4 Å². The zero-order chi connectivity index (χ0) is 18.6. The quantitative estimate of drug-likeness (QED) is 0.730. The second-order valence-electron chi connectivity index (χ2n) is 5.75. The second kappa shape index (κ2) is 8.41. The molecule has 0 saturated carbocycles. The Hall–Kier alpha value is -1.98. The van der Waals surface area contributed by atoms with Gasteiger partial charge in [0.25, 0.3) is 0 Å². The predicted molar refractivity (Wildman–Crippen MR) is 99.1 cm³/mol. The number of benzene rings is 2. The number of carbonyl (C=O) groups is 1. The van der Waals surface area contributed by atoms with Crippen LogP contribution >= 0.6 is 23.2 Å². The van der Waals surface area contributed by atoms with E-state index in [4.69, 9.17) is 27.9 Å². The van der Waals surface area contributed by atoms with Crippen LogP contribution in [0.2, 0.25) is 10.0 Å². The average Bonchev–Trinajstić information content (AvgIpc) is 2.55. The third-order valence-corrected chi connectivity index (χ3v) is 4.36. The molecule has 134 valence electrons. The minimum atomic E-state index is -0.541. The Labute approximate surface area is 156 Å². The summed E-state index contributed by atoms with van der Waals surface area (Å²) >= 11 is 11.9. The van der Waals surface area contributed by atoms with Gasteiger partial charge in [0.15, 0.2) is 11.6 Å². The number of anilines is 1. The summed E-state index contributed by atoms with van der Waals surface area (Å²) in [5.74, 6) is -0.421. The highest BCUT2D eigenvalue weighted by Crippen LogP contribution is 2.24. The van der Waals surface area contributed by atoms with Gasteiger partial charge in [0.2, 0.25) is 0 Å². The Balaban J connectivity index is 2.14. The van der Waals surface area contributed by atoms with Gasteiger partial charge in [-0.25, -0.2) is 9.18 Å². The van der Waals surface area contributed by atoms with E-state index in [1.807, 2.05) is 19.9 Å². The maximum atomic E-state index is 13.8. The lowest BCUT2D eigenvalue weighted by Crippen LogP contribution is -2.39. The van der Waals surface area contributed by atoms with Crippen LogP contribution in [-0.4, -0.2) is 24.1 Å². The Morgan fingerprint density at radius 1 is 1.20 bits per heavy atom. The van der Waals surface area contributed by atoms with E-state index in [2.05, 4.69) is 5.32 Å². The molecule has 1 N–H and O–H groups in total. The van der Waals surface area contributed by atoms with Gasteiger partial charge in [-0.05, 0) is 43.7 Å². The van der Waals surface area contributed by atoms with Crippen molar-refractivity contribution in [2.75, 3.05) is 12.4 Å². The van der Waals surface area contributed by atoms with Crippen molar-refractivity contribution in [3.8, 4) is 5.75 Å². The summed E-state index contributed by atoms with van der Waals surface area (Å²) in [4.78, 5) is 14.2. The third-order valence-electron chi connectivity index (χ3n) is 3.62. The van der Waals surface area contributed by atoms with Crippen molar-refractivity contribution in [3.05, 3.63) is 57.8 Å². The van der Waals surface area contributed by atoms with Gasteiger partial charge < -0.3 is 15.0 Å². The number of amides is 2. The standard InChI is InChI=1S/C18H19Cl2FN2O2/c1-11(2)23(10-12-4-6-14(19)15(20)8-12)18(24)22-13-5-7-17(25-3)16(21)9-13/h4-9,11H,10H2,1-3H3,(H,22,24). The van der Waals surface area contributed by atoms with Gasteiger partial charge in [-0.3, -0.25) is 0 Å². The van der Waals surface area contributed by atoms with Gasteiger partial charge in [-0.1, -0.05) is 29.3 Å². The topological polar surface area (TPSA) is 41.6 Å². The monoisotopic (exact) mass is 384 g/mol. The molecule has 0 fully saturated rings. The number of carbonyl (C=O) groups excluding carboxylic acids is 1. The summed E-state index contributed by atoms with van der Waals surface area (Å²) in [6.45, 7) is 4.14. The highest BCUT2D eigenvalue weighted by atomic mass is 35.5. The zero-order valence-corrected chi connectivity index (χ0v) is 15.7. The SMILES string of the molecule is COc1ccc(NC(=O)N(Cc2ccc(Cl)c(Cl)c2)C(C)C)cc1F. The lowest BCUT2D eigenvalue weighted by atomic mass is 10.2. The van der Waals surface area contributed by atoms with Gasteiger partial charge in [0, 0.05) is 24.3 Å². The number of halogens is 3. The molecule has 2 amide bonds. The summed E-state index contributed by atoms with van der Waals surface area (Å²) in [6, 6.07) is 9.07. The molecule has 0 atom stereocenters. The van der Waals surface area contributed by atoms with Crippen LogP contribution in [0.1, 0.15) is 19.4 Å². The first-order valence-corrected chi connectivity index (χ1v) is 8.42. The fourth-order valence-electron chi connectivity index (χ4n) is 2.26. The first-order chi connectivity index (χ1) is 11.8. The summed E-state index contributed by atoms with van der Waals surface area (Å²) in [7, 11) is 1.38. The van der Waals surface area contributed by atoms with E-state index in [0.717, 1.165) is 5.56 Å². The molecular weight excluding hydrogens is 366 g/mol. The van der Waals surface area contributed by atoms with E-state index in [-0.39, 0.29) is 17.8 Å². The van der Waals surface area contributed by atoms with Gasteiger partial charge in [-0.15, -0.1) is 0 Å². The molecule has 25 heavy (non-hydrogen) atoms. The van der Waals surface area contributed by atoms with Crippen LogP contribution in [0.3, 0.4) is 0 Å². The molecule has 2 rings (SSSR count). The fourth-order valence-corrected chi connectivity index (χ4v) is 2.58. The minimum absolute atomic E-state index is 0.0717. The first kappa shape index (κ1) is 19.3. The van der Waals surface area contributed by atoms with E-state index in [0.29, 0.717) is 22.3 Å². The Kier molecular flexibility index (Phi) is 6.51. The number of urea groups is 1. The van der Waals surface area contributed by atoms with Crippen LogP contribution < -0.4 is 10.1 Å². The van der Waals surface area contributed by atoms with Gasteiger partial charge >= 0.3 is 6.03 Å². The van der Waals surface area contributed by atoms with Crippen molar-refractivity contribution < 1.29 is 13.9 Å². The van der Waals surface area contributed by atoms with Gasteiger partial charge in [0.1, 0.15) is 0 Å². The van der Waals surface area contributed by atoms with Gasteiger partial charge in [0.05, 0.1) is 17.2 Å². The second-order valence-corrected chi connectivity index (χ2v) is 6.56. The molecule has 7 heteroatoms. The molecule has 4 nitrogen and oxygen atoms in total. The lowest BCUT2D eigenvalue weighted by molar-refractivity contribution is 0.193. The minimum Gasteiger partial charge on any atom is -0.494 e. The van der Waals surface area contributed by atoms with Crippen LogP contribution in [-0.2, 0) is 6.54 Å². The van der Waals surface area contributed by atoms with E-state index in [9.17, 15) is 9.18 Å². The highest BCUT2D eigenvalue weighted by Gasteiger charge is 2.18. The van der Waals surface area contributed by atoms with Crippen LogP contribution in [0, 0.1) is 5.82 Å². The van der Waals surface area contributed by atoms with Crippen LogP contribution in [0.5, 0.6) is 5.75 Å². The number of ether oxygens (including phenoxy) is 1. The summed E-state index contributed by atoms with van der Waals surface area (Å²) in [6.07, 6.45) is 0. The van der Waals surface area contributed by atoms with Crippen molar-refractivity contribution in [2.24, 2.45) is 0 Å². The molecule has 0 aliphatic heterocycles. The summed E-state index contributed by atoms with van der Waals surface area (Å²) in [5, 5.41) is 3.58. The highest BCUT2D eigenvalue weighted by molar-refractivity contribution is 6.42.